The number of nitrogens with two attached hydrogens (primary N) is 1. The zero-order chi connectivity index (χ0) is 14.0. The number of hydrogen-bond acceptors (Lipinski definition) is 4. The van der Waals surface area contributed by atoms with Crippen LogP contribution in [0.15, 0.2) is 17.2 Å². The lowest BCUT2D eigenvalue weighted by Crippen LogP contribution is -2.14. The number of nitrogens with zero attached hydrogens (tertiary/aromatic N) is 5. The first-order valence-corrected chi connectivity index (χ1v) is 5.43. The van der Waals surface area contributed by atoms with Crippen LogP contribution in [0.5, 0.6) is 5.88 Å². The second-order valence-corrected chi connectivity index (χ2v) is 3.86. The normalized spacial score (nSPS) is 10.2. The highest BCUT2D eigenvalue weighted by atomic mass is 16.5. The minimum Gasteiger partial charge on any atom is -0.481 e. The summed E-state index contributed by atoms with van der Waals surface area (Å²) in [5.74, 6) is -0.231. The monoisotopic (exact) mass is 260 g/mol. The van der Waals surface area contributed by atoms with Gasteiger partial charge in [0.15, 0.2) is 0 Å². The summed E-state index contributed by atoms with van der Waals surface area (Å²) in [6, 6.07) is 3.46. The van der Waals surface area contributed by atoms with Gasteiger partial charge in [0.2, 0.25) is 5.88 Å². The van der Waals surface area contributed by atoms with Gasteiger partial charge < -0.3 is 15.0 Å². The van der Waals surface area contributed by atoms with Crippen molar-refractivity contribution in [1.29, 1.82) is 0 Å². The molecule has 2 heterocycles. The molecule has 2 N–H and O–H groups in total. The molecule has 19 heavy (non-hydrogen) atoms. The summed E-state index contributed by atoms with van der Waals surface area (Å²) in [4.78, 5) is 18.5. The Hall–Kier alpha value is -2.73. The zero-order valence-electron chi connectivity index (χ0n) is 10.5. The van der Waals surface area contributed by atoms with Crippen LogP contribution in [-0.4, -0.2) is 22.6 Å². The number of amides is 1. The van der Waals surface area contributed by atoms with Crippen LogP contribution in [0.1, 0.15) is 16.1 Å². The summed E-state index contributed by atoms with van der Waals surface area (Å²) >= 11 is 0. The minimum absolute atomic E-state index is 0.0317. The van der Waals surface area contributed by atoms with Crippen LogP contribution in [0.25, 0.3) is 21.5 Å². The average molecular weight is 260 g/mol. The Morgan fingerprint density at radius 3 is 2.95 bits per heavy atom. The summed E-state index contributed by atoms with van der Waals surface area (Å²) in [5, 5.41) is 3.48. The number of azide groups is 1. The second-order valence-electron chi connectivity index (χ2n) is 3.86. The largest absolute Gasteiger partial charge is 0.481 e. The quantitative estimate of drug-likeness (QED) is 0.509. The van der Waals surface area contributed by atoms with Gasteiger partial charge in [0.1, 0.15) is 5.52 Å². The molecular weight excluding hydrogens is 248 g/mol. The van der Waals surface area contributed by atoms with Crippen molar-refractivity contribution in [2.45, 2.75) is 6.54 Å². The Morgan fingerprint density at radius 2 is 2.37 bits per heavy atom. The fraction of sp³-hybridized carbons (Fsp3) is 0.273. The molecule has 0 aliphatic carbocycles. The summed E-state index contributed by atoms with van der Waals surface area (Å²) in [6.07, 6.45) is 0. The van der Waals surface area contributed by atoms with Crippen molar-refractivity contribution < 1.29 is 9.53 Å². The first kappa shape index (κ1) is 12.7. The van der Waals surface area contributed by atoms with Crippen molar-refractivity contribution in [2.24, 2.45) is 17.9 Å². The topological polar surface area (TPSA) is 119 Å². The molecule has 8 nitrogen and oxygen atoms in total. The van der Waals surface area contributed by atoms with Gasteiger partial charge in [-0.15, -0.1) is 0 Å². The van der Waals surface area contributed by atoms with Gasteiger partial charge in [-0.05, 0) is 11.6 Å². The van der Waals surface area contributed by atoms with E-state index in [9.17, 15) is 4.79 Å². The molecule has 1 amide bonds. The van der Waals surface area contributed by atoms with E-state index in [1.54, 1.807) is 23.7 Å². The molecule has 0 atom stereocenters. The minimum atomic E-state index is -0.616. The van der Waals surface area contributed by atoms with Crippen molar-refractivity contribution in [2.75, 3.05) is 7.11 Å². The third kappa shape index (κ3) is 2.04. The van der Waals surface area contributed by atoms with E-state index in [0.29, 0.717) is 17.1 Å². The lowest BCUT2D eigenvalue weighted by molar-refractivity contribution is 0.100. The van der Waals surface area contributed by atoms with Crippen molar-refractivity contribution in [3.8, 4) is 5.88 Å². The highest BCUT2D eigenvalue weighted by molar-refractivity contribution is 6.06. The van der Waals surface area contributed by atoms with Crippen LogP contribution >= 0.6 is 0 Å². The number of pyridine rings is 1. The van der Waals surface area contributed by atoms with Gasteiger partial charge in [-0.2, -0.15) is 0 Å². The zero-order valence-corrected chi connectivity index (χ0v) is 10.5. The molecule has 0 spiro atoms. The maximum absolute atomic E-state index is 11.6. The lowest BCUT2D eigenvalue weighted by Gasteiger charge is -2.01. The number of aryl methyl sites for hydroxylation is 1. The number of fused-ring (bicyclic) bond motifs is 1. The number of primary amides is 1. The predicted molar refractivity (Wildman–Crippen MR) is 68.6 cm³/mol. The fourth-order valence-electron chi connectivity index (χ4n) is 1.99. The van der Waals surface area contributed by atoms with Crippen LogP contribution in [0, 0.1) is 0 Å². The molecule has 2 aromatic heterocycles. The number of carbonyl (C=O) groups is 1. The van der Waals surface area contributed by atoms with Crippen LogP contribution < -0.4 is 10.5 Å². The van der Waals surface area contributed by atoms with E-state index in [4.69, 9.17) is 16.0 Å². The number of hydrogen-bond donors (Lipinski definition) is 1. The average Bonchev–Trinajstić information content (AvgIpc) is 2.68. The molecule has 0 radical (unpaired) electrons. The summed E-state index contributed by atoms with van der Waals surface area (Å²) in [7, 11) is 3.24. The van der Waals surface area contributed by atoms with Crippen molar-refractivity contribution in [1.82, 2.24) is 9.55 Å². The van der Waals surface area contributed by atoms with E-state index in [-0.39, 0.29) is 12.1 Å². The molecule has 0 saturated carbocycles. The lowest BCUT2D eigenvalue weighted by atomic mass is 10.2. The molecule has 0 bridgehead atoms. The standard InChI is InChI=1S/C11H12N6O2/c1-17-6-3-4-8(19-2)15-10(6)9(11(12)18)7(17)5-14-16-13/h3-4H,5H2,1-2H3,(H2,12,18). The maximum atomic E-state index is 11.6. The third-order valence-corrected chi connectivity index (χ3v) is 2.88. The first-order chi connectivity index (χ1) is 9.10. The van der Waals surface area contributed by atoms with Gasteiger partial charge in [0.25, 0.3) is 5.91 Å². The van der Waals surface area contributed by atoms with E-state index in [1.165, 1.54) is 7.11 Å². The molecule has 98 valence electrons. The fourth-order valence-corrected chi connectivity index (χ4v) is 1.99. The van der Waals surface area contributed by atoms with Crippen LogP contribution in [0.4, 0.5) is 0 Å². The van der Waals surface area contributed by atoms with Gasteiger partial charge in [-0.25, -0.2) is 4.98 Å². The molecular formula is C11H12N6O2. The smallest absolute Gasteiger partial charge is 0.252 e. The summed E-state index contributed by atoms with van der Waals surface area (Å²) in [6.45, 7) is 0.0317. The highest BCUT2D eigenvalue weighted by Gasteiger charge is 2.20. The Morgan fingerprint density at radius 1 is 1.63 bits per heavy atom. The van der Waals surface area contributed by atoms with Crippen molar-refractivity contribution >= 4 is 16.9 Å². The number of methoxy groups -OCH3 is 1. The van der Waals surface area contributed by atoms with Gasteiger partial charge in [0, 0.05) is 23.7 Å². The molecule has 8 heteroatoms. The van der Waals surface area contributed by atoms with Crippen LogP contribution in [-0.2, 0) is 13.6 Å². The van der Waals surface area contributed by atoms with E-state index >= 15 is 0 Å². The predicted octanol–water partition coefficient (Wildman–Crippen LogP) is 1.49. The molecule has 0 aliphatic heterocycles. The molecule has 0 fully saturated rings. The van der Waals surface area contributed by atoms with Gasteiger partial charge >= 0.3 is 0 Å². The first-order valence-electron chi connectivity index (χ1n) is 5.43. The van der Waals surface area contributed by atoms with Gasteiger partial charge in [0.05, 0.1) is 24.7 Å². The molecule has 0 unspecified atom stereocenters. The van der Waals surface area contributed by atoms with Crippen molar-refractivity contribution in [3.05, 3.63) is 33.8 Å². The van der Waals surface area contributed by atoms with Gasteiger partial charge in [-0.3, -0.25) is 4.79 Å². The van der Waals surface area contributed by atoms with Gasteiger partial charge in [-0.1, -0.05) is 5.11 Å². The third-order valence-electron chi connectivity index (χ3n) is 2.88. The summed E-state index contributed by atoms with van der Waals surface area (Å²) in [5.41, 5.74) is 15.7. The number of carbonyl (C=O) groups excluding carboxylic acids is 1. The van der Waals surface area contributed by atoms with E-state index in [2.05, 4.69) is 15.0 Å². The SMILES string of the molecule is COc1ccc2c(n1)c(C(N)=O)c(CN=[N+]=[N-])n2C. The number of aromatic nitrogens is 2. The second kappa shape index (κ2) is 4.87. The Bertz CT molecular complexity index is 699. The van der Waals surface area contributed by atoms with E-state index in [0.717, 1.165) is 5.52 Å². The van der Waals surface area contributed by atoms with Crippen LogP contribution in [0.2, 0.25) is 0 Å². The van der Waals surface area contributed by atoms with E-state index < -0.39 is 5.91 Å². The molecule has 0 aromatic carbocycles. The molecule has 2 rings (SSSR count). The molecule has 0 aliphatic rings. The van der Waals surface area contributed by atoms with Crippen molar-refractivity contribution in [3.63, 3.8) is 0 Å². The summed E-state index contributed by atoms with van der Waals surface area (Å²) < 4.78 is 6.77. The van der Waals surface area contributed by atoms with E-state index in [1.807, 2.05) is 0 Å². The maximum Gasteiger partial charge on any atom is 0.252 e. The number of rotatable bonds is 4. The molecule has 0 saturated heterocycles. The highest BCUT2D eigenvalue weighted by Crippen LogP contribution is 2.26. The Labute approximate surface area is 108 Å². The van der Waals surface area contributed by atoms with Crippen LogP contribution in [0.3, 0.4) is 0 Å². The number of ether oxygens (including phenoxy) is 1. The Kier molecular flexibility index (Phi) is 3.26. The molecule has 2 aromatic rings. The Balaban J connectivity index is 2.79.